The third kappa shape index (κ3) is 6.06. The highest BCUT2D eigenvalue weighted by Gasteiger charge is 2.30. The van der Waals surface area contributed by atoms with Crippen molar-refractivity contribution in [1.29, 1.82) is 0 Å². The molecule has 174 valence electrons. The van der Waals surface area contributed by atoms with Crippen molar-refractivity contribution in [3.8, 4) is 0 Å². The first-order valence-electron chi connectivity index (χ1n) is 11.9. The molecule has 0 unspecified atom stereocenters. The first kappa shape index (κ1) is 23.6. The highest BCUT2D eigenvalue weighted by atomic mass is 32.2. The number of benzene rings is 2. The third-order valence-corrected chi connectivity index (χ3v) is 7.47. The Kier molecular flexibility index (Phi) is 7.89. The van der Waals surface area contributed by atoms with Gasteiger partial charge in [-0.15, -0.1) is 0 Å². The Morgan fingerprint density at radius 1 is 1.15 bits per heavy atom. The quantitative estimate of drug-likeness (QED) is 0.471. The zero-order valence-corrected chi connectivity index (χ0v) is 20.4. The van der Waals surface area contributed by atoms with E-state index >= 15 is 0 Å². The Labute approximate surface area is 201 Å². The molecule has 0 radical (unpaired) electrons. The maximum atomic E-state index is 13.3. The SMILES string of the molecule is Cc1ccc(/C=C2/Sc3ccccc3N(CC(=O)NCCCN3CCCC[C@@H]3C)C2=O)cc1. The molecule has 1 fully saturated rings. The minimum Gasteiger partial charge on any atom is -0.355 e. The number of likely N-dealkylation sites (tertiary alicyclic amines) is 1. The number of hydrogen-bond donors (Lipinski definition) is 1. The van der Waals surface area contributed by atoms with Crippen molar-refractivity contribution in [3.05, 3.63) is 64.6 Å². The Balaban J connectivity index is 1.39. The second-order valence-electron chi connectivity index (χ2n) is 8.96. The minimum atomic E-state index is -0.128. The van der Waals surface area contributed by atoms with Gasteiger partial charge in [-0.2, -0.15) is 0 Å². The van der Waals surface area contributed by atoms with Crippen molar-refractivity contribution in [2.75, 3.05) is 31.1 Å². The van der Waals surface area contributed by atoms with Gasteiger partial charge in [-0.05, 0) is 63.4 Å². The van der Waals surface area contributed by atoms with E-state index in [1.807, 2.05) is 61.5 Å². The summed E-state index contributed by atoms with van der Waals surface area (Å²) in [5, 5.41) is 3.02. The molecule has 2 aromatic rings. The summed E-state index contributed by atoms with van der Waals surface area (Å²) < 4.78 is 0. The van der Waals surface area contributed by atoms with Crippen molar-refractivity contribution >= 4 is 35.3 Å². The van der Waals surface area contributed by atoms with E-state index in [-0.39, 0.29) is 18.4 Å². The zero-order chi connectivity index (χ0) is 23.2. The van der Waals surface area contributed by atoms with Crippen LogP contribution in [0.1, 0.15) is 43.7 Å². The largest absolute Gasteiger partial charge is 0.355 e. The predicted molar refractivity (Wildman–Crippen MR) is 136 cm³/mol. The summed E-state index contributed by atoms with van der Waals surface area (Å²) in [5.41, 5.74) is 2.95. The Morgan fingerprint density at radius 2 is 1.94 bits per heavy atom. The minimum absolute atomic E-state index is 0.0295. The van der Waals surface area contributed by atoms with E-state index < -0.39 is 0 Å². The molecule has 0 saturated carbocycles. The average Bonchev–Trinajstić information content (AvgIpc) is 2.82. The van der Waals surface area contributed by atoms with Gasteiger partial charge in [-0.25, -0.2) is 0 Å². The molecule has 1 N–H and O–H groups in total. The lowest BCUT2D eigenvalue weighted by Gasteiger charge is -2.33. The molecule has 0 aromatic heterocycles. The van der Waals surface area contributed by atoms with E-state index in [1.165, 1.54) is 36.6 Å². The highest BCUT2D eigenvalue weighted by molar-refractivity contribution is 8.04. The maximum absolute atomic E-state index is 13.3. The van der Waals surface area contributed by atoms with Gasteiger partial charge in [0.1, 0.15) is 6.54 Å². The molecule has 2 aliphatic heterocycles. The van der Waals surface area contributed by atoms with Gasteiger partial charge in [0.15, 0.2) is 0 Å². The van der Waals surface area contributed by atoms with Crippen LogP contribution >= 0.6 is 11.8 Å². The van der Waals surface area contributed by atoms with Crippen LogP contribution in [0.15, 0.2) is 58.3 Å². The first-order valence-corrected chi connectivity index (χ1v) is 12.7. The second-order valence-corrected chi connectivity index (χ2v) is 10.0. The molecule has 1 saturated heterocycles. The molecule has 5 nitrogen and oxygen atoms in total. The number of aryl methyl sites for hydroxylation is 1. The molecular weight excluding hydrogens is 430 g/mol. The lowest BCUT2D eigenvalue weighted by atomic mass is 10.0. The van der Waals surface area contributed by atoms with E-state index in [2.05, 4.69) is 17.1 Å². The topological polar surface area (TPSA) is 52.7 Å². The van der Waals surface area contributed by atoms with E-state index in [0.29, 0.717) is 17.5 Å². The Bertz CT molecular complexity index is 1020. The van der Waals surface area contributed by atoms with Crippen molar-refractivity contribution in [2.45, 2.75) is 50.5 Å². The van der Waals surface area contributed by atoms with Gasteiger partial charge in [0.2, 0.25) is 5.91 Å². The first-order chi connectivity index (χ1) is 16.0. The number of rotatable bonds is 7. The van der Waals surface area contributed by atoms with Crippen molar-refractivity contribution in [2.24, 2.45) is 0 Å². The lowest BCUT2D eigenvalue weighted by molar-refractivity contribution is -0.122. The zero-order valence-electron chi connectivity index (χ0n) is 19.5. The molecule has 33 heavy (non-hydrogen) atoms. The van der Waals surface area contributed by atoms with Crippen LogP contribution in [0.2, 0.25) is 0 Å². The van der Waals surface area contributed by atoms with Crippen LogP contribution in [-0.4, -0.2) is 48.9 Å². The molecule has 2 heterocycles. The van der Waals surface area contributed by atoms with Gasteiger partial charge in [-0.1, -0.05) is 60.1 Å². The van der Waals surface area contributed by atoms with Gasteiger partial charge in [0.05, 0.1) is 10.6 Å². The number of nitrogens with one attached hydrogen (secondary N) is 1. The number of hydrogen-bond acceptors (Lipinski definition) is 4. The van der Waals surface area contributed by atoms with E-state index in [0.717, 1.165) is 35.7 Å². The normalized spacial score (nSPS) is 20.1. The van der Waals surface area contributed by atoms with Crippen LogP contribution < -0.4 is 10.2 Å². The van der Waals surface area contributed by atoms with Gasteiger partial charge in [-0.3, -0.25) is 14.5 Å². The molecule has 0 spiro atoms. The summed E-state index contributed by atoms with van der Waals surface area (Å²) in [7, 11) is 0. The number of amides is 2. The molecule has 1 atom stereocenters. The van der Waals surface area contributed by atoms with Gasteiger partial charge in [0.25, 0.3) is 5.91 Å². The standard InChI is InChI=1S/C27H33N3O2S/c1-20-11-13-22(14-12-20)18-25-27(32)30(23-9-3-4-10-24(23)33-25)19-26(31)28-15-7-17-29-16-6-5-8-21(29)2/h3-4,9-14,18,21H,5-8,15-17,19H2,1-2H3,(H,28,31)/b25-18+/t21-/m0/s1. The molecule has 0 bridgehead atoms. The number of thioether (sulfide) groups is 1. The number of fused-ring (bicyclic) bond motifs is 1. The van der Waals surface area contributed by atoms with E-state index in [1.54, 1.807) is 4.90 Å². The van der Waals surface area contributed by atoms with Crippen LogP contribution in [0.5, 0.6) is 0 Å². The molecular formula is C27H33N3O2S. The van der Waals surface area contributed by atoms with Crippen LogP contribution in [-0.2, 0) is 9.59 Å². The van der Waals surface area contributed by atoms with E-state index in [9.17, 15) is 9.59 Å². The number of nitrogens with zero attached hydrogens (tertiary/aromatic N) is 2. The number of carbonyl (C=O) groups excluding carboxylic acids is 2. The third-order valence-electron chi connectivity index (χ3n) is 6.39. The summed E-state index contributed by atoms with van der Waals surface area (Å²) in [6, 6.07) is 16.5. The summed E-state index contributed by atoms with van der Waals surface area (Å²) in [6.45, 7) is 7.15. The molecule has 0 aliphatic carbocycles. The van der Waals surface area contributed by atoms with Crippen molar-refractivity contribution in [3.63, 3.8) is 0 Å². The van der Waals surface area contributed by atoms with Crippen LogP contribution in [0.4, 0.5) is 5.69 Å². The van der Waals surface area contributed by atoms with Crippen LogP contribution in [0.3, 0.4) is 0 Å². The highest BCUT2D eigenvalue weighted by Crippen LogP contribution is 2.41. The number of piperidine rings is 1. The fourth-order valence-electron chi connectivity index (χ4n) is 4.43. The van der Waals surface area contributed by atoms with Crippen molar-refractivity contribution < 1.29 is 9.59 Å². The fourth-order valence-corrected chi connectivity index (χ4v) is 5.49. The van der Waals surface area contributed by atoms with Gasteiger partial charge >= 0.3 is 0 Å². The van der Waals surface area contributed by atoms with Gasteiger partial charge < -0.3 is 10.2 Å². The monoisotopic (exact) mass is 463 g/mol. The number of carbonyl (C=O) groups is 2. The van der Waals surface area contributed by atoms with Crippen molar-refractivity contribution in [1.82, 2.24) is 10.2 Å². The molecule has 2 amide bonds. The average molecular weight is 464 g/mol. The van der Waals surface area contributed by atoms with Crippen LogP contribution in [0.25, 0.3) is 6.08 Å². The van der Waals surface area contributed by atoms with Crippen LogP contribution in [0, 0.1) is 6.92 Å². The summed E-state index contributed by atoms with van der Waals surface area (Å²) >= 11 is 1.47. The smallest absolute Gasteiger partial charge is 0.265 e. The number of anilines is 1. The summed E-state index contributed by atoms with van der Waals surface area (Å²) in [4.78, 5) is 31.8. The maximum Gasteiger partial charge on any atom is 0.265 e. The molecule has 2 aliphatic rings. The predicted octanol–water partition coefficient (Wildman–Crippen LogP) is 4.86. The fraction of sp³-hybridized carbons (Fsp3) is 0.407. The number of para-hydroxylation sites is 1. The second kappa shape index (κ2) is 11.0. The summed E-state index contributed by atoms with van der Waals surface area (Å²) in [6.07, 6.45) is 6.68. The Morgan fingerprint density at radius 3 is 2.73 bits per heavy atom. The molecule has 6 heteroatoms. The van der Waals surface area contributed by atoms with Gasteiger partial charge in [0, 0.05) is 24.0 Å². The van der Waals surface area contributed by atoms with E-state index in [4.69, 9.17) is 0 Å². The molecule has 2 aromatic carbocycles. The molecule has 4 rings (SSSR count). The lowest BCUT2D eigenvalue weighted by Crippen LogP contribution is -2.43. The summed E-state index contributed by atoms with van der Waals surface area (Å²) in [5.74, 6) is -0.247. The Hall–Kier alpha value is -2.57.